The molecule has 2 aromatic carbocycles. The lowest BCUT2D eigenvalue weighted by Crippen LogP contribution is -2.28. The van der Waals surface area contributed by atoms with Crippen molar-refractivity contribution in [2.75, 3.05) is 0 Å². The summed E-state index contributed by atoms with van der Waals surface area (Å²) >= 11 is 12.3. The zero-order chi connectivity index (χ0) is 22.9. The summed E-state index contributed by atoms with van der Waals surface area (Å²) in [4.78, 5) is 26.0. The topological polar surface area (TPSA) is 54.7 Å². The summed E-state index contributed by atoms with van der Waals surface area (Å²) in [6.45, 7) is 2.63. The fraction of sp³-hybridized carbons (Fsp3) is 0.269. The number of hydrogen-bond acceptors (Lipinski definition) is 3. The van der Waals surface area contributed by atoms with Gasteiger partial charge in [0.2, 0.25) is 0 Å². The maximum Gasteiger partial charge on any atom is 0.254 e. The van der Waals surface area contributed by atoms with Gasteiger partial charge in [-0.1, -0.05) is 59.6 Å². The van der Waals surface area contributed by atoms with E-state index < -0.39 is 0 Å². The van der Waals surface area contributed by atoms with Gasteiger partial charge in [-0.3, -0.25) is 9.59 Å². The Balaban J connectivity index is 1.36. The van der Waals surface area contributed by atoms with Crippen LogP contribution in [0.4, 0.5) is 0 Å². The number of carbonyl (C=O) groups excluding carboxylic acids is 2. The molecule has 1 saturated carbocycles. The molecule has 4 atom stereocenters. The number of carbonyl (C=O) groups is 2. The number of amides is 2. The standard InChI is InChI=1S/C26H21Cl2N3O2/c1-14-19(12-29-31-25(32)23-16-7-8-17(11-16)24(23)26(31)33)18-4-2-3-5-22(18)30(14)13-15-6-9-20(27)21(28)10-15/h2-10,12,16-17,23-24H,11,13H2,1H3/t16-,17-,23-,24+/m0/s1. The second-order valence-corrected chi connectivity index (χ2v) is 9.90. The van der Waals surface area contributed by atoms with Gasteiger partial charge in [-0.25, -0.2) is 0 Å². The highest BCUT2D eigenvalue weighted by molar-refractivity contribution is 6.42. The van der Waals surface area contributed by atoms with Crippen molar-refractivity contribution in [1.29, 1.82) is 0 Å². The Morgan fingerprint density at radius 2 is 1.70 bits per heavy atom. The molecule has 0 spiro atoms. The zero-order valence-electron chi connectivity index (χ0n) is 17.9. The van der Waals surface area contributed by atoms with Gasteiger partial charge in [0.15, 0.2) is 0 Å². The Labute approximate surface area is 201 Å². The molecular weight excluding hydrogens is 457 g/mol. The van der Waals surface area contributed by atoms with Gasteiger partial charge in [0.25, 0.3) is 11.8 Å². The van der Waals surface area contributed by atoms with Crippen LogP contribution >= 0.6 is 23.2 Å². The number of para-hydroxylation sites is 1. The molecule has 0 N–H and O–H groups in total. The fourth-order valence-electron chi connectivity index (χ4n) is 5.76. The molecule has 2 heterocycles. The summed E-state index contributed by atoms with van der Waals surface area (Å²) in [7, 11) is 0. The van der Waals surface area contributed by atoms with Gasteiger partial charge in [-0.05, 0) is 48.9 Å². The van der Waals surface area contributed by atoms with Crippen molar-refractivity contribution in [2.45, 2.75) is 19.9 Å². The summed E-state index contributed by atoms with van der Waals surface area (Å²) in [5, 5.41) is 7.58. The van der Waals surface area contributed by atoms with Gasteiger partial charge in [0, 0.05) is 28.7 Å². The highest BCUT2D eigenvalue weighted by Crippen LogP contribution is 2.52. The SMILES string of the molecule is Cc1c(C=NN2C(=O)[C@@H]3[C@H](C2=O)[C@H]2C=C[C@H]3C2)c2ccccc2n1Cc1ccc(Cl)c(Cl)c1. The lowest BCUT2D eigenvalue weighted by atomic mass is 9.85. The molecule has 1 saturated heterocycles. The molecule has 1 aromatic heterocycles. The molecule has 2 amide bonds. The molecule has 166 valence electrons. The van der Waals surface area contributed by atoms with Gasteiger partial charge in [0.1, 0.15) is 0 Å². The van der Waals surface area contributed by atoms with E-state index in [1.165, 1.54) is 0 Å². The number of fused-ring (bicyclic) bond motifs is 6. The van der Waals surface area contributed by atoms with Crippen LogP contribution < -0.4 is 0 Å². The highest BCUT2D eigenvalue weighted by Gasteiger charge is 2.59. The number of aromatic nitrogens is 1. The van der Waals surface area contributed by atoms with E-state index in [0.29, 0.717) is 16.6 Å². The molecule has 33 heavy (non-hydrogen) atoms. The number of hydrazone groups is 1. The van der Waals surface area contributed by atoms with Crippen molar-refractivity contribution in [3.63, 3.8) is 0 Å². The van der Waals surface area contributed by atoms with E-state index in [-0.39, 0.29) is 35.5 Å². The van der Waals surface area contributed by atoms with Crippen LogP contribution in [0.15, 0.2) is 59.7 Å². The summed E-state index contributed by atoms with van der Waals surface area (Å²) in [6.07, 6.45) is 6.75. The Morgan fingerprint density at radius 3 is 2.39 bits per heavy atom. The first-order valence-corrected chi connectivity index (χ1v) is 11.8. The quantitative estimate of drug-likeness (QED) is 0.285. The van der Waals surface area contributed by atoms with Crippen molar-refractivity contribution < 1.29 is 9.59 Å². The summed E-state index contributed by atoms with van der Waals surface area (Å²) < 4.78 is 2.18. The minimum atomic E-state index is -0.248. The lowest BCUT2D eigenvalue weighted by molar-refractivity contribution is -0.140. The van der Waals surface area contributed by atoms with Crippen LogP contribution in [0.1, 0.15) is 23.2 Å². The maximum atomic E-state index is 13.0. The molecular formula is C26H21Cl2N3O2. The maximum absolute atomic E-state index is 13.0. The van der Waals surface area contributed by atoms with E-state index in [1.54, 1.807) is 12.3 Å². The molecule has 0 unspecified atom stereocenters. The van der Waals surface area contributed by atoms with Crippen LogP contribution in [0, 0.1) is 30.6 Å². The fourth-order valence-corrected chi connectivity index (χ4v) is 6.08. The minimum Gasteiger partial charge on any atom is -0.340 e. The van der Waals surface area contributed by atoms with Crippen molar-refractivity contribution in [3.8, 4) is 0 Å². The second-order valence-electron chi connectivity index (χ2n) is 9.08. The summed E-state index contributed by atoms with van der Waals surface area (Å²) in [6, 6.07) is 13.7. The Morgan fingerprint density at radius 1 is 1.00 bits per heavy atom. The summed E-state index contributed by atoms with van der Waals surface area (Å²) in [5.74, 6) is -0.493. The molecule has 7 heteroatoms. The summed E-state index contributed by atoms with van der Waals surface area (Å²) in [5.41, 5.74) is 3.95. The minimum absolute atomic E-state index is 0.171. The number of imide groups is 1. The largest absolute Gasteiger partial charge is 0.340 e. The zero-order valence-corrected chi connectivity index (χ0v) is 19.4. The van der Waals surface area contributed by atoms with Crippen molar-refractivity contribution >= 4 is 52.1 Å². The Hall–Kier alpha value is -2.89. The monoisotopic (exact) mass is 477 g/mol. The van der Waals surface area contributed by atoms with Crippen molar-refractivity contribution in [3.05, 3.63) is 81.5 Å². The predicted octanol–water partition coefficient (Wildman–Crippen LogP) is 5.45. The smallest absolute Gasteiger partial charge is 0.254 e. The van der Waals surface area contributed by atoms with E-state index >= 15 is 0 Å². The lowest BCUT2D eigenvalue weighted by Gasteiger charge is -2.13. The van der Waals surface area contributed by atoms with E-state index in [9.17, 15) is 9.59 Å². The molecule has 5 nitrogen and oxygen atoms in total. The number of hydrogen-bond donors (Lipinski definition) is 0. The van der Waals surface area contributed by atoms with Crippen LogP contribution in [0.25, 0.3) is 10.9 Å². The highest BCUT2D eigenvalue weighted by atomic mass is 35.5. The third kappa shape index (κ3) is 3.10. The first kappa shape index (κ1) is 20.7. The van der Waals surface area contributed by atoms with Crippen molar-refractivity contribution in [2.24, 2.45) is 28.8 Å². The number of rotatable bonds is 4. The predicted molar refractivity (Wildman–Crippen MR) is 129 cm³/mol. The van der Waals surface area contributed by atoms with Gasteiger partial charge >= 0.3 is 0 Å². The third-order valence-electron chi connectivity index (χ3n) is 7.35. The van der Waals surface area contributed by atoms with Gasteiger partial charge in [-0.2, -0.15) is 10.1 Å². The van der Waals surface area contributed by atoms with Crippen LogP contribution in [0.2, 0.25) is 10.0 Å². The van der Waals surface area contributed by atoms with Crippen molar-refractivity contribution in [1.82, 2.24) is 9.58 Å². The normalized spacial score (nSPS) is 25.8. The Bertz CT molecular complexity index is 1360. The molecule has 0 radical (unpaired) electrons. The molecule has 2 bridgehead atoms. The van der Waals surface area contributed by atoms with Gasteiger partial charge in [-0.15, -0.1) is 0 Å². The molecule has 3 aromatic rings. The van der Waals surface area contributed by atoms with Crippen LogP contribution in [0.3, 0.4) is 0 Å². The molecule has 3 aliphatic rings. The van der Waals surface area contributed by atoms with E-state index in [2.05, 4.69) is 27.9 Å². The first-order chi connectivity index (χ1) is 15.9. The van der Waals surface area contributed by atoms with E-state index in [1.807, 2.05) is 37.3 Å². The molecule has 2 aliphatic carbocycles. The number of allylic oxidation sites excluding steroid dienone is 2. The average Bonchev–Trinajstić information content (AvgIpc) is 3.54. The Kier molecular flexibility index (Phi) is 4.75. The van der Waals surface area contributed by atoms with Gasteiger partial charge < -0.3 is 4.57 Å². The van der Waals surface area contributed by atoms with E-state index in [4.69, 9.17) is 23.2 Å². The van der Waals surface area contributed by atoms with E-state index in [0.717, 1.165) is 39.2 Å². The van der Waals surface area contributed by atoms with Gasteiger partial charge in [0.05, 0.1) is 28.1 Å². The molecule has 2 fully saturated rings. The molecule has 1 aliphatic heterocycles. The third-order valence-corrected chi connectivity index (χ3v) is 8.09. The van der Waals surface area contributed by atoms with Crippen LogP contribution in [0.5, 0.6) is 0 Å². The first-order valence-electron chi connectivity index (χ1n) is 11.1. The number of benzene rings is 2. The molecule has 6 rings (SSSR count). The second kappa shape index (κ2) is 7.57. The number of halogens is 2. The number of nitrogens with zero attached hydrogens (tertiary/aromatic N) is 3. The van der Waals surface area contributed by atoms with Crippen LogP contribution in [-0.4, -0.2) is 27.6 Å². The van der Waals surface area contributed by atoms with Crippen LogP contribution in [-0.2, 0) is 16.1 Å². The average molecular weight is 478 g/mol.